The Balaban J connectivity index is 3.98. The summed E-state index contributed by atoms with van der Waals surface area (Å²) in [5.41, 5.74) is 0. The van der Waals surface area contributed by atoms with E-state index in [1.165, 1.54) is 238 Å². The van der Waals surface area contributed by atoms with Crippen LogP contribution in [0.1, 0.15) is 348 Å². The van der Waals surface area contributed by atoms with Gasteiger partial charge in [0.1, 0.15) is 13.2 Å². The lowest BCUT2D eigenvalue weighted by atomic mass is 10.0. The van der Waals surface area contributed by atoms with Gasteiger partial charge in [-0.1, -0.05) is 289 Å². The van der Waals surface area contributed by atoms with Crippen molar-refractivity contribution in [2.24, 2.45) is 0 Å². The third kappa shape index (κ3) is 56.8. The maximum atomic E-state index is 12.8. The van der Waals surface area contributed by atoms with Crippen LogP contribution in [-0.4, -0.2) is 37.2 Å². The van der Waals surface area contributed by atoms with Crippen molar-refractivity contribution in [1.29, 1.82) is 0 Å². The monoisotopic (exact) mass is 985 g/mol. The van der Waals surface area contributed by atoms with Crippen LogP contribution in [-0.2, 0) is 28.6 Å². The molecule has 0 aliphatic rings. The molecule has 0 aromatic carbocycles. The van der Waals surface area contributed by atoms with Crippen LogP contribution in [0, 0.1) is 0 Å². The van der Waals surface area contributed by atoms with E-state index in [2.05, 4.69) is 45.1 Å². The van der Waals surface area contributed by atoms with Crippen LogP contribution in [0.15, 0.2) is 24.3 Å². The van der Waals surface area contributed by atoms with Crippen molar-refractivity contribution < 1.29 is 28.6 Å². The lowest BCUT2D eigenvalue weighted by Gasteiger charge is -2.18. The standard InChI is InChI=1S/C64H120O6/c1-4-7-10-13-16-19-22-23-24-25-26-27-28-29-30-31-32-33-34-35-36-37-38-39-40-41-43-45-48-51-54-57-63(66)69-60-61(59-68-62(65)56-53-50-47-44-21-18-15-12-9-6-3)70-64(67)58-55-52-49-46-42-20-17-14-11-8-5-2/h12,15,25-26,61H,4-11,13-14,16-24,27-60H2,1-3H3/b15-12-,26-25-. The molecule has 1 unspecified atom stereocenters. The Bertz CT molecular complexity index is 1130. The van der Waals surface area contributed by atoms with Gasteiger partial charge < -0.3 is 14.2 Å². The van der Waals surface area contributed by atoms with Crippen LogP contribution < -0.4 is 0 Å². The molecule has 0 heterocycles. The van der Waals surface area contributed by atoms with E-state index in [4.69, 9.17) is 14.2 Å². The van der Waals surface area contributed by atoms with Gasteiger partial charge in [0, 0.05) is 19.3 Å². The molecule has 0 N–H and O–H groups in total. The summed E-state index contributed by atoms with van der Waals surface area (Å²) in [5.74, 6) is -0.861. The Kier molecular flexibility index (Phi) is 57.7. The molecule has 0 radical (unpaired) electrons. The molecular formula is C64H120O6. The SMILES string of the molecule is CCC/C=C\CCCCCCCC(=O)OCC(COC(=O)CCCCCCCCCCCCCCCCCCCCC/C=C\CCCCCCCCCC)OC(=O)CCCCCCCCCCCCC. The molecule has 0 bridgehead atoms. The van der Waals surface area contributed by atoms with Crippen LogP contribution in [0.5, 0.6) is 0 Å². The van der Waals surface area contributed by atoms with E-state index >= 15 is 0 Å². The van der Waals surface area contributed by atoms with E-state index in [-0.39, 0.29) is 31.1 Å². The molecule has 0 saturated heterocycles. The molecule has 0 amide bonds. The van der Waals surface area contributed by atoms with Crippen molar-refractivity contribution in [2.75, 3.05) is 13.2 Å². The number of allylic oxidation sites excluding steroid dienone is 4. The van der Waals surface area contributed by atoms with E-state index in [9.17, 15) is 14.4 Å². The van der Waals surface area contributed by atoms with E-state index in [1.54, 1.807) is 0 Å². The number of ether oxygens (including phenoxy) is 3. The highest BCUT2D eigenvalue weighted by atomic mass is 16.6. The van der Waals surface area contributed by atoms with Gasteiger partial charge in [0.25, 0.3) is 0 Å². The minimum Gasteiger partial charge on any atom is -0.462 e. The molecule has 0 aromatic heterocycles. The highest BCUT2D eigenvalue weighted by Gasteiger charge is 2.19. The highest BCUT2D eigenvalue weighted by Crippen LogP contribution is 2.18. The largest absolute Gasteiger partial charge is 0.462 e. The van der Waals surface area contributed by atoms with Crippen molar-refractivity contribution in [3.05, 3.63) is 24.3 Å². The predicted octanol–water partition coefficient (Wildman–Crippen LogP) is 21.1. The number of hydrogen-bond acceptors (Lipinski definition) is 6. The Hall–Kier alpha value is -2.11. The van der Waals surface area contributed by atoms with E-state index in [0.29, 0.717) is 19.3 Å². The lowest BCUT2D eigenvalue weighted by Crippen LogP contribution is -2.30. The smallest absolute Gasteiger partial charge is 0.306 e. The molecule has 70 heavy (non-hydrogen) atoms. The molecule has 0 aliphatic heterocycles. The third-order valence-corrected chi connectivity index (χ3v) is 14.2. The van der Waals surface area contributed by atoms with Crippen LogP contribution >= 0.6 is 0 Å². The van der Waals surface area contributed by atoms with Crippen molar-refractivity contribution in [3.63, 3.8) is 0 Å². The molecule has 0 aromatic rings. The van der Waals surface area contributed by atoms with E-state index < -0.39 is 6.10 Å². The van der Waals surface area contributed by atoms with E-state index in [1.807, 2.05) is 0 Å². The second kappa shape index (κ2) is 59.5. The van der Waals surface area contributed by atoms with Crippen molar-refractivity contribution in [3.8, 4) is 0 Å². The first-order chi connectivity index (χ1) is 34.5. The third-order valence-electron chi connectivity index (χ3n) is 14.2. The van der Waals surface area contributed by atoms with Gasteiger partial charge in [-0.3, -0.25) is 14.4 Å². The molecule has 0 spiro atoms. The normalized spacial score (nSPS) is 12.1. The first kappa shape index (κ1) is 67.9. The summed E-state index contributed by atoms with van der Waals surface area (Å²) in [7, 11) is 0. The zero-order valence-corrected chi connectivity index (χ0v) is 47.3. The summed E-state index contributed by atoms with van der Waals surface area (Å²) in [6.45, 7) is 6.61. The van der Waals surface area contributed by atoms with Gasteiger partial charge in [0.05, 0.1) is 0 Å². The van der Waals surface area contributed by atoms with Crippen molar-refractivity contribution in [2.45, 2.75) is 354 Å². The quantitative estimate of drug-likeness (QED) is 0.0261. The van der Waals surface area contributed by atoms with Gasteiger partial charge in [0.15, 0.2) is 6.10 Å². The van der Waals surface area contributed by atoms with Crippen molar-refractivity contribution >= 4 is 17.9 Å². The Morgan fingerprint density at radius 3 is 0.771 bits per heavy atom. The number of rotatable bonds is 58. The average Bonchev–Trinajstić information content (AvgIpc) is 3.36. The maximum absolute atomic E-state index is 12.8. The minimum atomic E-state index is -0.768. The summed E-state index contributed by atoms with van der Waals surface area (Å²) in [5, 5.41) is 0. The topological polar surface area (TPSA) is 78.9 Å². The zero-order chi connectivity index (χ0) is 50.7. The minimum absolute atomic E-state index is 0.0686. The van der Waals surface area contributed by atoms with Gasteiger partial charge >= 0.3 is 17.9 Å². The summed E-state index contributed by atoms with van der Waals surface area (Å²) in [6.07, 6.45) is 70.8. The molecule has 0 fully saturated rings. The molecule has 1 atom stereocenters. The predicted molar refractivity (Wildman–Crippen MR) is 303 cm³/mol. The summed E-state index contributed by atoms with van der Waals surface area (Å²) < 4.78 is 16.8. The number of unbranched alkanes of at least 4 members (excludes halogenated alkanes) is 43. The average molecular weight is 986 g/mol. The second-order valence-corrected chi connectivity index (χ2v) is 21.3. The number of esters is 3. The summed E-state index contributed by atoms with van der Waals surface area (Å²) in [4.78, 5) is 38.0. The number of hydrogen-bond donors (Lipinski definition) is 0. The summed E-state index contributed by atoms with van der Waals surface area (Å²) >= 11 is 0. The Morgan fingerprint density at radius 1 is 0.271 bits per heavy atom. The van der Waals surface area contributed by atoms with Crippen LogP contribution in [0.4, 0.5) is 0 Å². The Morgan fingerprint density at radius 2 is 0.500 bits per heavy atom. The van der Waals surface area contributed by atoms with Crippen LogP contribution in [0.3, 0.4) is 0 Å². The molecule has 0 saturated carbocycles. The molecular weight excluding hydrogens is 865 g/mol. The Labute approximate surface area is 436 Å². The lowest BCUT2D eigenvalue weighted by molar-refractivity contribution is -0.167. The number of carbonyl (C=O) groups excluding carboxylic acids is 3. The van der Waals surface area contributed by atoms with Crippen LogP contribution in [0.2, 0.25) is 0 Å². The molecule has 412 valence electrons. The molecule has 6 heteroatoms. The van der Waals surface area contributed by atoms with E-state index in [0.717, 1.165) is 70.6 Å². The van der Waals surface area contributed by atoms with Gasteiger partial charge in [-0.15, -0.1) is 0 Å². The van der Waals surface area contributed by atoms with Crippen molar-refractivity contribution in [1.82, 2.24) is 0 Å². The van der Waals surface area contributed by atoms with Gasteiger partial charge in [-0.25, -0.2) is 0 Å². The fourth-order valence-corrected chi connectivity index (χ4v) is 9.44. The first-order valence-electron chi connectivity index (χ1n) is 31.3. The molecule has 0 aliphatic carbocycles. The van der Waals surface area contributed by atoms with Gasteiger partial charge in [-0.2, -0.15) is 0 Å². The fraction of sp³-hybridized carbons (Fsp3) is 0.891. The molecule has 0 rings (SSSR count). The highest BCUT2D eigenvalue weighted by molar-refractivity contribution is 5.71. The summed E-state index contributed by atoms with van der Waals surface area (Å²) in [6, 6.07) is 0. The van der Waals surface area contributed by atoms with Gasteiger partial charge in [0.2, 0.25) is 0 Å². The fourth-order valence-electron chi connectivity index (χ4n) is 9.44. The zero-order valence-electron chi connectivity index (χ0n) is 47.3. The number of carbonyl (C=O) groups is 3. The van der Waals surface area contributed by atoms with Gasteiger partial charge in [-0.05, 0) is 64.2 Å². The second-order valence-electron chi connectivity index (χ2n) is 21.3. The molecule has 6 nitrogen and oxygen atoms in total. The van der Waals surface area contributed by atoms with Crippen LogP contribution in [0.25, 0.3) is 0 Å². The maximum Gasteiger partial charge on any atom is 0.306 e. The first-order valence-corrected chi connectivity index (χ1v) is 31.3.